The molecule has 0 aliphatic carbocycles. The third-order valence-corrected chi connectivity index (χ3v) is 2.70. The Morgan fingerprint density at radius 2 is 1.72 bits per heavy atom. The summed E-state index contributed by atoms with van der Waals surface area (Å²) in [6, 6.07) is -0.231. The molecule has 0 bridgehead atoms. The van der Waals surface area contributed by atoms with E-state index in [1.54, 1.807) is 11.9 Å². The minimum absolute atomic E-state index is 0.231. The van der Waals surface area contributed by atoms with Gasteiger partial charge >= 0.3 is 12.0 Å². The number of aliphatic carboxylic acids is 1. The summed E-state index contributed by atoms with van der Waals surface area (Å²) in [5.41, 5.74) is -0.498. The molecule has 0 aromatic heterocycles. The summed E-state index contributed by atoms with van der Waals surface area (Å²) in [5.74, 6) is -0.474. The van der Waals surface area contributed by atoms with Crippen LogP contribution in [-0.4, -0.2) is 52.6 Å². The van der Waals surface area contributed by atoms with E-state index >= 15 is 0 Å². The van der Waals surface area contributed by atoms with E-state index in [4.69, 9.17) is 5.11 Å². The Balaban J connectivity index is 4.70. The SMILES string of the molecule is CC(C)CCN(C)C(=O)N(CC(=O)O)C(C)(C)C. The summed E-state index contributed by atoms with van der Waals surface area (Å²) in [5, 5.41) is 8.88. The molecular weight excluding hydrogens is 232 g/mol. The molecule has 18 heavy (non-hydrogen) atoms. The van der Waals surface area contributed by atoms with Crippen LogP contribution in [0.15, 0.2) is 0 Å². The van der Waals surface area contributed by atoms with Crippen LogP contribution < -0.4 is 0 Å². The summed E-state index contributed by atoms with van der Waals surface area (Å²) in [7, 11) is 1.71. The van der Waals surface area contributed by atoms with Gasteiger partial charge < -0.3 is 14.9 Å². The van der Waals surface area contributed by atoms with Crippen LogP contribution in [0.5, 0.6) is 0 Å². The van der Waals surface area contributed by atoms with Crippen LogP contribution >= 0.6 is 0 Å². The normalized spacial score (nSPS) is 11.5. The van der Waals surface area contributed by atoms with Gasteiger partial charge in [0.05, 0.1) is 0 Å². The topological polar surface area (TPSA) is 60.9 Å². The first-order chi connectivity index (χ1) is 8.05. The molecule has 0 aromatic carbocycles. The second-order valence-corrected chi connectivity index (χ2v) is 6.04. The van der Waals surface area contributed by atoms with Crippen molar-refractivity contribution in [3.8, 4) is 0 Å². The van der Waals surface area contributed by atoms with E-state index in [1.807, 2.05) is 20.8 Å². The summed E-state index contributed by atoms with van der Waals surface area (Å²) < 4.78 is 0. The van der Waals surface area contributed by atoms with Crippen LogP contribution in [0.1, 0.15) is 41.0 Å². The molecule has 5 heteroatoms. The van der Waals surface area contributed by atoms with Crippen molar-refractivity contribution in [3.63, 3.8) is 0 Å². The predicted octanol–water partition coefficient (Wildman–Crippen LogP) is 2.27. The molecule has 0 fully saturated rings. The Morgan fingerprint density at radius 1 is 1.22 bits per heavy atom. The van der Waals surface area contributed by atoms with Gasteiger partial charge in [-0.2, -0.15) is 0 Å². The van der Waals surface area contributed by atoms with Crippen molar-refractivity contribution >= 4 is 12.0 Å². The van der Waals surface area contributed by atoms with Gasteiger partial charge in [0, 0.05) is 19.1 Å². The number of carbonyl (C=O) groups excluding carboxylic acids is 1. The van der Waals surface area contributed by atoms with Crippen molar-refractivity contribution in [1.82, 2.24) is 9.80 Å². The lowest BCUT2D eigenvalue weighted by atomic mass is 10.1. The van der Waals surface area contributed by atoms with Gasteiger partial charge in [-0.25, -0.2) is 4.79 Å². The van der Waals surface area contributed by atoms with E-state index in [9.17, 15) is 9.59 Å². The second kappa shape index (κ2) is 6.61. The molecule has 0 unspecified atom stereocenters. The molecule has 0 saturated carbocycles. The highest BCUT2D eigenvalue weighted by Crippen LogP contribution is 2.15. The maximum atomic E-state index is 12.2. The van der Waals surface area contributed by atoms with Gasteiger partial charge in [0.2, 0.25) is 0 Å². The van der Waals surface area contributed by atoms with Crippen molar-refractivity contribution in [2.75, 3.05) is 20.1 Å². The number of rotatable bonds is 5. The quantitative estimate of drug-likeness (QED) is 0.823. The molecule has 0 atom stereocenters. The lowest BCUT2D eigenvalue weighted by Gasteiger charge is -2.37. The lowest BCUT2D eigenvalue weighted by Crippen LogP contribution is -2.53. The van der Waals surface area contributed by atoms with E-state index in [0.717, 1.165) is 6.42 Å². The second-order valence-electron chi connectivity index (χ2n) is 6.04. The van der Waals surface area contributed by atoms with Crippen LogP contribution in [-0.2, 0) is 4.79 Å². The Morgan fingerprint density at radius 3 is 2.06 bits per heavy atom. The molecule has 0 aromatic rings. The van der Waals surface area contributed by atoms with Crippen LogP contribution in [0.2, 0.25) is 0 Å². The molecule has 2 amide bonds. The van der Waals surface area contributed by atoms with Gasteiger partial charge in [-0.3, -0.25) is 4.79 Å². The van der Waals surface area contributed by atoms with Crippen LogP contribution in [0, 0.1) is 5.92 Å². The average molecular weight is 258 g/mol. The molecular formula is C13H26N2O3. The Hall–Kier alpha value is -1.26. The van der Waals surface area contributed by atoms with Gasteiger partial charge in [-0.1, -0.05) is 13.8 Å². The molecule has 5 nitrogen and oxygen atoms in total. The molecule has 0 rings (SSSR count). The average Bonchev–Trinajstić information content (AvgIpc) is 2.19. The van der Waals surface area contributed by atoms with Crippen molar-refractivity contribution < 1.29 is 14.7 Å². The van der Waals surface area contributed by atoms with Crippen LogP contribution in [0.25, 0.3) is 0 Å². The largest absolute Gasteiger partial charge is 0.480 e. The number of carboxylic acid groups (broad SMARTS) is 1. The number of hydrogen-bond acceptors (Lipinski definition) is 2. The highest BCUT2D eigenvalue weighted by molar-refractivity contribution is 5.80. The molecule has 0 saturated heterocycles. The van der Waals surface area contributed by atoms with Gasteiger partial charge in [-0.05, 0) is 33.1 Å². The first-order valence-electron chi connectivity index (χ1n) is 6.30. The Labute approximate surface area is 110 Å². The molecule has 0 radical (unpaired) electrons. The number of hydrogen-bond donors (Lipinski definition) is 1. The van der Waals surface area contributed by atoms with Crippen molar-refractivity contribution in [2.24, 2.45) is 5.92 Å². The van der Waals surface area contributed by atoms with E-state index < -0.39 is 11.5 Å². The summed E-state index contributed by atoms with van der Waals surface area (Å²) in [6.45, 7) is 10.1. The number of nitrogens with zero attached hydrogens (tertiary/aromatic N) is 2. The third kappa shape index (κ3) is 5.89. The smallest absolute Gasteiger partial charge is 0.323 e. The molecule has 0 aliphatic rings. The number of urea groups is 1. The first-order valence-corrected chi connectivity index (χ1v) is 6.30. The standard InChI is InChI=1S/C13H26N2O3/c1-10(2)7-8-14(6)12(18)15(9-11(16)17)13(3,4)5/h10H,7-9H2,1-6H3,(H,16,17). The van der Waals surface area contributed by atoms with Crippen molar-refractivity contribution in [2.45, 2.75) is 46.6 Å². The monoisotopic (exact) mass is 258 g/mol. The minimum Gasteiger partial charge on any atom is -0.480 e. The Bertz CT molecular complexity index is 295. The maximum Gasteiger partial charge on any atom is 0.323 e. The fraction of sp³-hybridized carbons (Fsp3) is 0.846. The van der Waals surface area contributed by atoms with Crippen molar-refractivity contribution in [1.29, 1.82) is 0 Å². The van der Waals surface area contributed by atoms with E-state index in [1.165, 1.54) is 4.90 Å². The molecule has 1 N–H and O–H groups in total. The van der Waals surface area contributed by atoms with E-state index in [0.29, 0.717) is 12.5 Å². The number of carboxylic acids is 1. The zero-order valence-electron chi connectivity index (χ0n) is 12.4. The fourth-order valence-corrected chi connectivity index (χ4v) is 1.48. The van der Waals surface area contributed by atoms with Gasteiger partial charge in [0.15, 0.2) is 0 Å². The summed E-state index contributed by atoms with van der Waals surface area (Å²) in [4.78, 5) is 26.0. The summed E-state index contributed by atoms with van der Waals surface area (Å²) in [6.07, 6.45) is 0.910. The van der Waals surface area contributed by atoms with Gasteiger partial charge in [-0.15, -0.1) is 0 Å². The van der Waals surface area contributed by atoms with Crippen molar-refractivity contribution in [3.05, 3.63) is 0 Å². The molecule has 0 heterocycles. The molecule has 0 spiro atoms. The fourth-order valence-electron chi connectivity index (χ4n) is 1.48. The Kier molecular flexibility index (Phi) is 6.15. The predicted molar refractivity (Wildman–Crippen MR) is 71.6 cm³/mol. The van der Waals surface area contributed by atoms with Crippen LogP contribution in [0.3, 0.4) is 0 Å². The first kappa shape index (κ1) is 16.7. The zero-order valence-corrected chi connectivity index (χ0v) is 12.4. The van der Waals surface area contributed by atoms with Crippen LogP contribution in [0.4, 0.5) is 4.79 Å². The lowest BCUT2D eigenvalue weighted by molar-refractivity contribution is -0.138. The zero-order chi connectivity index (χ0) is 14.5. The number of carbonyl (C=O) groups is 2. The summed E-state index contributed by atoms with van der Waals surface area (Å²) >= 11 is 0. The highest BCUT2D eigenvalue weighted by Gasteiger charge is 2.30. The highest BCUT2D eigenvalue weighted by atomic mass is 16.4. The molecule has 106 valence electrons. The molecule has 0 aliphatic heterocycles. The third-order valence-electron chi connectivity index (χ3n) is 2.70. The minimum atomic E-state index is -0.990. The maximum absolute atomic E-state index is 12.2. The number of amides is 2. The van der Waals surface area contributed by atoms with E-state index in [2.05, 4.69) is 13.8 Å². The van der Waals surface area contributed by atoms with E-state index in [-0.39, 0.29) is 12.6 Å². The van der Waals surface area contributed by atoms with Gasteiger partial charge in [0.25, 0.3) is 0 Å². The van der Waals surface area contributed by atoms with Gasteiger partial charge in [0.1, 0.15) is 6.54 Å².